The Hall–Kier alpha value is -4.62. The van der Waals surface area contributed by atoms with Crippen LogP contribution in [0, 0.1) is 20.8 Å². The molecule has 0 bridgehead atoms. The molecule has 4 aromatic carbocycles. The second kappa shape index (κ2) is 13.4. The average molecular weight is 550 g/mol. The SMILES string of the molecule is Cc1cccc(/C=C(/NC(=O)c2ccccc2)C(=O)Nc2cccc(SCC(=O)Nc3c(C)cccc3C)c2)c1. The highest BCUT2D eigenvalue weighted by atomic mass is 32.2. The summed E-state index contributed by atoms with van der Waals surface area (Å²) in [5.41, 5.74) is 5.79. The van der Waals surface area contributed by atoms with Crippen LogP contribution in [-0.4, -0.2) is 23.5 Å². The van der Waals surface area contributed by atoms with Gasteiger partial charge in [0.2, 0.25) is 5.91 Å². The highest BCUT2D eigenvalue weighted by Gasteiger charge is 2.16. The van der Waals surface area contributed by atoms with Gasteiger partial charge in [0, 0.05) is 21.8 Å². The summed E-state index contributed by atoms with van der Waals surface area (Å²) in [7, 11) is 0. The smallest absolute Gasteiger partial charge is 0.272 e. The van der Waals surface area contributed by atoms with Crippen LogP contribution in [0.2, 0.25) is 0 Å². The molecule has 3 N–H and O–H groups in total. The van der Waals surface area contributed by atoms with E-state index >= 15 is 0 Å². The Morgan fingerprint density at radius 1 is 0.750 bits per heavy atom. The van der Waals surface area contributed by atoms with Crippen LogP contribution in [0.25, 0.3) is 6.08 Å². The number of nitrogens with one attached hydrogen (secondary N) is 3. The third-order valence-corrected chi connectivity index (χ3v) is 7.08. The number of benzene rings is 4. The third-order valence-electron chi connectivity index (χ3n) is 6.09. The number of aryl methyl sites for hydroxylation is 3. The van der Waals surface area contributed by atoms with Crippen molar-refractivity contribution >= 4 is 46.9 Å². The van der Waals surface area contributed by atoms with Crippen LogP contribution in [0.3, 0.4) is 0 Å². The Labute approximate surface area is 238 Å². The Balaban J connectivity index is 1.46. The van der Waals surface area contributed by atoms with E-state index < -0.39 is 5.91 Å². The molecular weight excluding hydrogens is 518 g/mol. The van der Waals surface area contributed by atoms with E-state index in [0.29, 0.717) is 11.3 Å². The summed E-state index contributed by atoms with van der Waals surface area (Å²) < 4.78 is 0. The van der Waals surface area contributed by atoms with Crippen molar-refractivity contribution in [2.75, 3.05) is 16.4 Å². The largest absolute Gasteiger partial charge is 0.325 e. The van der Waals surface area contributed by atoms with Crippen molar-refractivity contribution in [1.82, 2.24) is 5.32 Å². The molecule has 0 unspecified atom stereocenters. The van der Waals surface area contributed by atoms with Crippen molar-refractivity contribution in [2.24, 2.45) is 0 Å². The number of hydrogen-bond acceptors (Lipinski definition) is 4. The molecule has 0 aliphatic carbocycles. The molecule has 0 radical (unpaired) electrons. The molecular formula is C33H31N3O3S. The van der Waals surface area contributed by atoms with E-state index in [-0.39, 0.29) is 23.3 Å². The van der Waals surface area contributed by atoms with Crippen LogP contribution in [0.4, 0.5) is 11.4 Å². The number of carbonyl (C=O) groups is 3. The second-order valence-corrected chi connectivity index (χ2v) is 10.4. The van der Waals surface area contributed by atoms with Crippen molar-refractivity contribution in [3.63, 3.8) is 0 Å². The molecule has 4 aromatic rings. The van der Waals surface area contributed by atoms with Gasteiger partial charge in [-0.05, 0) is 73.9 Å². The van der Waals surface area contributed by atoms with Gasteiger partial charge in [-0.2, -0.15) is 0 Å². The average Bonchev–Trinajstić information content (AvgIpc) is 2.94. The lowest BCUT2D eigenvalue weighted by Crippen LogP contribution is -2.30. The highest BCUT2D eigenvalue weighted by molar-refractivity contribution is 8.00. The zero-order valence-corrected chi connectivity index (χ0v) is 23.5. The molecule has 6 nitrogen and oxygen atoms in total. The van der Waals surface area contributed by atoms with E-state index in [1.807, 2.05) is 81.4 Å². The maximum Gasteiger partial charge on any atom is 0.272 e. The van der Waals surface area contributed by atoms with Crippen molar-refractivity contribution < 1.29 is 14.4 Å². The summed E-state index contributed by atoms with van der Waals surface area (Å²) in [6, 6.07) is 29.6. The van der Waals surface area contributed by atoms with Gasteiger partial charge >= 0.3 is 0 Å². The maximum atomic E-state index is 13.3. The van der Waals surface area contributed by atoms with Crippen LogP contribution in [-0.2, 0) is 9.59 Å². The first kappa shape index (κ1) is 28.4. The van der Waals surface area contributed by atoms with E-state index in [2.05, 4.69) is 16.0 Å². The van der Waals surface area contributed by atoms with Gasteiger partial charge in [-0.15, -0.1) is 11.8 Å². The van der Waals surface area contributed by atoms with Gasteiger partial charge in [0.05, 0.1) is 5.75 Å². The Morgan fingerprint density at radius 3 is 2.17 bits per heavy atom. The van der Waals surface area contributed by atoms with Crippen molar-refractivity contribution in [3.8, 4) is 0 Å². The first-order valence-electron chi connectivity index (χ1n) is 12.8. The highest BCUT2D eigenvalue weighted by Crippen LogP contribution is 2.24. The number of para-hydroxylation sites is 1. The standard InChI is InChI=1S/C33H31N3O3S/c1-22-10-7-13-25(18-22)19-29(35-32(38)26-14-5-4-6-15-26)33(39)34-27-16-9-17-28(20-27)40-21-30(37)36-31-23(2)11-8-12-24(31)3/h4-20H,21H2,1-3H3,(H,34,39)(H,35,38)(H,36,37)/b29-19+. The molecule has 0 aromatic heterocycles. The van der Waals surface area contributed by atoms with Gasteiger partial charge < -0.3 is 16.0 Å². The predicted molar refractivity (Wildman–Crippen MR) is 163 cm³/mol. The molecule has 0 saturated heterocycles. The zero-order valence-electron chi connectivity index (χ0n) is 22.7. The summed E-state index contributed by atoms with van der Waals surface area (Å²) in [5, 5.41) is 8.63. The van der Waals surface area contributed by atoms with E-state index in [1.54, 1.807) is 42.5 Å². The van der Waals surface area contributed by atoms with Crippen molar-refractivity contribution in [1.29, 1.82) is 0 Å². The molecule has 202 valence electrons. The number of thioether (sulfide) groups is 1. The van der Waals surface area contributed by atoms with Gasteiger partial charge in [-0.25, -0.2) is 0 Å². The molecule has 0 spiro atoms. The fourth-order valence-corrected chi connectivity index (χ4v) is 4.82. The van der Waals surface area contributed by atoms with Crippen LogP contribution >= 0.6 is 11.8 Å². The maximum absolute atomic E-state index is 13.3. The van der Waals surface area contributed by atoms with Gasteiger partial charge in [0.25, 0.3) is 11.8 Å². The predicted octanol–water partition coefficient (Wildman–Crippen LogP) is 6.75. The summed E-state index contributed by atoms with van der Waals surface area (Å²) in [6.45, 7) is 5.89. The Kier molecular flexibility index (Phi) is 9.54. The van der Waals surface area contributed by atoms with E-state index in [9.17, 15) is 14.4 Å². The third kappa shape index (κ3) is 7.94. The number of amides is 3. The monoisotopic (exact) mass is 549 g/mol. The molecule has 40 heavy (non-hydrogen) atoms. The molecule has 0 atom stereocenters. The van der Waals surface area contributed by atoms with Gasteiger partial charge in [0.1, 0.15) is 5.70 Å². The van der Waals surface area contributed by atoms with Crippen molar-refractivity contribution in [2.45, 2.75) is 25.7 Å². The van der Waals surface area contributed by atoms with E-state index in [4.69, 9.17) is 0 Å². The molecule has 3 amide bonds. The molecule has 0 fully saturated rings. The summed E-state index contributed by atoms with van der Waals surface area (Å²) >= 11 is 1.37. The Bertz CT molecular complexity index is 1540. The first-order valence-corrected chi connectivity index (χ1v) is 13.8. The molecule has 0 aliphatic heterocycles. The molecule has 7 heteroatoms. The van der Waals surface area contributed by atoms with Crippen LogP contribution in [0.1, 0.15) is 32.6 Å². The molecule has 0 heterocycles. The first-order chi connectivity index (χ1) is 19.3. The van der Waals surface area contributed by atoms with Gasteiger partial charge in [0.15, 0.2) is 0 Å². The lowest BCUT2D eigenvalue weighted by atomic mass is 10.1. The fraction of sp³-hybridized carbons (Fsp3) is 0.121. The number of anilines is 2. The van der Waals surface area contributed by atoms with E-state index in [0.717, 1.165) is 32.8 Å². The second-order valence-electron chi connectivity index (χ2n) is 9.38. The normalized spacial score (nSPS) is 11.0. The zero-order chi connectivity index (χ0) is 28.5. The Morgan fingerprint density at radius 2 is 1.45 bits per heavy atom. The van der Waals surface area contributed by atoms with Crippen LogP contribution in [0.5, 0.6) is 0 Å². The molecule has 4 rings (SSSR count). The minimum absolute atomic E-state index is 0.108. The number of hydrogen-bond donors (Lipinski definition) is 3. The van der Waals surface area contributed by atoms with Crippen LogP contribution in [0.15, 0.2) is 108 Å². The van der Waals surface area contributed by atoms with Gasteiger partial charge in [-0.3, -0.25) is 14.4 Å². The summed E-state index contributed by atoms with van der Waals surface area (Å²) in [6.07, 6.45) is 1.65. The molecule has 0 aliphatic rings. The lowest BCUT2D eigenvalue weighted by molar-refractivity contribution is -0.114. The summed E-state index contributed by atoms with van der Waals surface area (Å²) in [5.74, 6) is -0.727. The molecule has 0 saturated carbocycles. The topological polar surface area (TPSA) is 87.3 Å². The van der Waals surface area contributed by atoms with E-state index in [1.165, 1.54) is 11.8 Å². The lowest BCUT2D eigenvalue weighted by Gasteiger charge is -2.13. The van der Waals surface area contributed by atoms with Crippen molar-refractivity contribution in [3.05, 3.63) is 131 Å². The van der Waals surface area contributed by atoms with Gasteiger partial charge in [-0.1, -0.05) is 72.3 Å². The minimum atomic E-state index is -0.458. The number of rotatable bonds is 9. The van der Waals surface area contributed by atoms with Crippen LogP contribution < -0.4 is 16.0 Å². The number of carbonyl (C=O) groups excluding carboxylic acids is 3. The summed E-state index contributed by atoms with van der Waals surface area (Å²) in [4.78, 5) is 39.7. The fourth-order valence-electron chi connectivity index (χ4n) is 4.07. The quantitative estimate of drug-likeness (QED) is 0.159. The minimum Gasteiger partial charge on any atom is -0.325 e.